The predicted molar refractivity (Wildman–Crippen MR) is 140 cm³/mol. The first-order valence-electron chi connectivity index (χ1n) is 12.6. The maximum Gasteiger partial charge on any atom is 0.490 e. The Kier molecular flexibility index (Phi) is 9.74. The topological polar surface area (TPSA) is 96.7 Å². The van der Waals surface area contributed by atoms with Crippen molar-refractivity contribution in [2.45, 2.75) is 65.0 Å². The molecule has 11 heteroatoms. The SMILES string of the molecule is CC(C)Oc1ccc(NC(=O)C2c3c(ncn3C(C)C)CCN2Cc2ccccc2)cc1.O=C(O)C(F)(F)F. The molecule has 210 valence electrons. The van der Waals surface area contributed by atoms with Gasteiger partial charge in [-0.25, -0.2) is 9.78 Å². The van der Waals surface area contributed by atoms with Crippen LogP contribution < -0.4 is 10.1 Å². The highest BCUT2D eigenvalue weighted by atomic mass is 19.4. The van der Waals surface area contributed by atoms with Gasteiger partial charge in [0.1, 0.15) is 11.8 Å². The maximum atomic E-state index is 13.6. The van der Waals surface area contributed by atoms with E-state index in [-0.39, 0.29) is 18.1 Å². The van der Waals surface area contributed by atoms with E-state index < -0.39 is 18.2 Å². The highest BCUT2D eigenvalue weighted by Gasteiger charge is 2.38. The number of alkyl halides is 3. The van der Waals surface area contributed by atoms with Crippen LogP contribution in [-0.4, -0.2) is 50.3 Å². The number of imidazole rings is 1. The summed E-state index contributed by atoms with van der Waals surface area (Å²) >= 11 is 0. The minimum absolute atomic E-state index is 0.0400. The Balaban J connectivity index is 0.000000532. The normalized spacial score (nSPS) is 15.4. The molecule has 1 amide bonds. The molecule has 0 aliphatic carbocycles. The summed E-state index contributed by atoms with van der Waals surface area (Å²) < 4.78 is 39.6. The molecule has 2 aromatic carbocycles. The highest BCUT2D eigenvalue weighted by molar-refractivity contribution is 5.95. The quantitative estimate of drug-likeness (QED) is 0.399. The van der Waals surface area contributed by atoms with E-state index in [4.69, 9.17) is 14.6 Å². The molecule has 3 aromatic rings. The number of carboxylic acid groups (broad SMARTS) is 1. The van der Waals surface area contributed by atoms with Crippen LogP contribution in [-0.2, 0) is 22.6 Å². The number of carbonyl (C=O) groups is 2. The second-order valence-corrected chi connectivity index (χ2v) is 9.67. The number of amides is 1. The van der Waals surface area contributed by atoms with Crippen molar-refractivity contribution in [1.29, 1.82) is 0 Å². The van der Waals surface area contributed by atoms with Gasteiger partial charge in [-0.1, -0.05) is 30.3 Å². The van der Waals surface area contributed by atoms with Crippen LogP contribution in [0.4, 0.5) is 18.9 Å². The summed E-state index contributed by atoms with van der Waals surface area (Å²) in [4.78, 5) is 29.4. The Morgan fingerprint density at radius 1 is 1.08 bits per heavy atom. The van der Waals surface area contributed by atoms with Crippen molar-refractivity contribution in [3.8, 4) is 5.75 Å². The Morgan fingerprint density at radius 3 is 2.23 bits per heavy atom. The molecular weight excluding hydrogens is 513 g/mol. The lowest BCUT2D eigenvalue weighted by Crippen LogP contribution is -2.42. The third-order valence-corrected chi connectivity index (χ3v) is 5.94. The Labute approximate surface area is 225 Å². The van der Waals surface area contributed by atoms with Gasteiger partial charge in [-0.05, 0) is 57.5 Å². The number of fused-ring (bicyclic) bond motifs is 1. The lowest BCUT2D eigenvalue weighted by molar-refractivity contribution is -0.192. The number of hydrogen-bond donors (Lipinski definition) is 2. The number of benzene rings is 2. The van der Waals surface area contributed by atoms with Crippen LogP contribution in [0.3, 0.4) is 0 Å². The number of ether oxygens (including phenoxy) is 1. The number of anilines is 1. The third kappa shape index (κ3) is 8.06. The second kappa shape index (κ2) is 12.8. The van der Waals surface area contributed by atoms with Crippen molar-refractivity contribution < 1.29 is 32.6 Å². The van der Waals surface area contributed by atoms with Gasteiger partial charge in [0.2, 0.25) is 5.91 Å². The lowest BCUT2D eigenvalue weighted by atomic mass is 9.99. The summed E-state index contributed by atoms with van der Waals surface area (Å²) in [7, 11) is 0. The average molecular weight is 547 g/mol. The van der Waals surface area contributed by atoms with Gasteiger partial charge in [0.15, 0.2) is 0 Å². The first-order chi connectivity index (χ1) is 18.4. The highest BCUT2D eigenvalue weighted by Crippen LogP contribution is 2.33. The molecular formula is C28H33F3N4O4. The van der Waals surface area contributed by atoms with Crippen molar-refractivity contribution >= 4 is 17.6 Å². The number of nitrogens with one attached hydrogen (secondary N) is 1. The van der Waals surface area contributed by atoms with Crippen molar-refractivity contribution in [2.75, 3.05) is 11.9 Å². The zero-order valence-corrected chi connectivity index (χ0v) is 22.3. The molecule has 0 spiro atoms. The Morgan fingerprint density at radius 2 is 1.69 bits per heavy atom. The molecule has 2 N–H and O–H groups in total. The van der Waals surface area contributed by atoms with Crippen molar-refractivity contribution in [3.05, 3.63) is 77.9 Å². The third-order valence-electron chi connectivity index (χ3n) is 5.94. The van der Waals surface area contributed by atoms with E-state index in [9.17, 15) is 18.0 Å². The molecule has 2 heterocycles. The minimum Gasteiger partial charge on any atom is -0.491 e. The Hall–Kier alpha value is -3.86. The standard InChI is InChI=1S/C26H32N4O2.C2HF3O2/c1-18(2)30-17-27-23-14-15-29(16-20-8-6-5-7-9-20)25(24(23)30)26(31)28-21-10-12-22(13-11-21)32-19(3)4;3-2(4,5)1(6)7/h5-13,17-19,25H,14-16H2,1-4H3,(H,28,31);(H,6,7). The van der Waals surface area contributed by atoms with Crippen LogP contribution in [0.1, 0.15) is 56.7 Å². The minimum atomic E-state index is -5.08. The largest absolute Gasteiger partial charge is 0.491 e. The van der Waals surface area contributed by atoms with Gasteiger partial charge in [-0.3, -0.25) is 9.69 Å². The fraction of sp³-hybridized carbons (Fsp3) is 0.393. The van der Waals surface area contributed by atoms with Gasteiger partial charge in [0.05, 0.1) is 23.8 Å². The van der Waals surface area contributed by atoms with Gasteiger partial charge < -0.3 is 19.7 Å². The van der Waals surface area contributed by atoms with Crippen LogP contribution >= 0.6 is 0 Å². The number of aliphatic carboxylic acids is 1. The molecule has 1 aliphatic heterocycles. The summed E-state index contributed by atoms with van der Waals surface area (Å²) in [5, 5.41) is 10.3. The van der Waals surface area contributed by atoms with Crippen LogP contribution in [0.15, 0.2) is 60.9 Å². The molecule has 1 aromatic heterocycles. The van der Waals surface area contributed by atoms with Crippen LogP contribution in [0.25, 0.3) is 0 Å². The number of aromatic nitrogens is 2. The van der Waals surface area contributed by atoms with Crippen molar-refractivity contribution in [2.24, 2.45) is 0 Å². The summed E-state index contributed by atoms with van der Waals surface area (Å²) in [5.41, 5.74) is 3.97. The molecule has 1 atom stereocenters. The van der Waals surface area contributed by atoms with E-state index in [1.54, 1.807) is 0 Å². The van der Waals surface area contributed by atoms with Gasteiger partial charge in [-0.15, -0.1) is 0 Å². The summed E-state index contributed by atoms with van der Waals surface area (Å²) in [5.74, 6) is -2.00. The van der Waals surface area contributed by atoms with Crippen LogP contribution in [0.5, 0.6) is 5.75 Å². The van der Waals surface area contributed by atoms with Gasteiger partial charge in [0.25, 0.3) is 0 Å². The molecule has 4 rings (SSSR count). The smallest absolute Gasteiger partial charge is 0.490 e. The van der Waals surface area contributed by atoms with E-state index in [0.29, 0.717) is 6.54 Å². The summed E-state index contributed by atoms with van der Waals surface area (Å²) in [6.45, 7) is 9.74. The zero-order chi connectivity index (χ0) is 28.7. The number of carbonyl (C=O) groups excluding carboxylic acids is 1. The number of carboxylic acids is 1. The zero-order valence-electron chi connectivity index (χ0n) is 22.3. The number of hydrogen-bond acceptors (Lipinski definition) is 5. The molecule has 0 bridgehead atoms. The fourth-order valence-corrected chi connectivity index (χ4v) is 4.24. The molecule has 39 heavy (non-hydrogen) atoms. The van der Waals surface area contributed by atoms with E-state index in [2.05, 4.69) is 45.7 Å². The number of rotatable bonds is 7. The fourth-order valence-electron chi connectivity index (χ4n) is 4.24. The lowest BCUT2D eigenvalue weighted by Gasteiger charge is -2.36. The number of halogens is 3. The first kappa shape index (κ1) is 29.7. The maximum absolute atomic E-state index is 13.6. The van der Waals surface area contributed by atoms with E-state index in [1.165, 1.54) is 5.56 Å². The van der Waals surface area contributed by atoms with Gasteiger partial charge >= 0.3 is 12.1 Å². The average Bonchev–Trinajstić information content (AvgIpc) is 3.30. The van der Waals surface area contributed by atoms with Crippen molar-refractivity contribution in [3.63, 3.8) is 0 Å². The Bertz CT molecular complexity index is 1240. The summed E-state index contributed by atoms with van der Waals surface area (Å²) in [6.07, 6.45) is -2.26. The molecule has 1 unspecified atom stereocenters. The summed E-state index contributed by atoms with van der Waals surface area (Å²) in [6, 6.07) is 17.7. The molecule has 8 nitrogen and oxygen atoms in total. The second-order valence-electron chi connectivity index (χ2n) is 9.67. The monoisotopic (exact) mass is 546 g/mol. The van der Waals surface area contributed by atoms with Gasteiger partial charge in [0, 0.05) is 31.2 Å². The van der Waals surface area contributed by atoms with Crippen molar-refractivity contribution in [1.82, 2.24) is 14.5 Å². The molecule has 1 aliphatic rings. The molecule has 0 saturated heterocycles. The predicted octanol–water partition coefficient (Wildman–Crippen LogP) is 5.62. The van der Waals surface area contributed by atoms with E-state index >= 15 is 0 Å². The van der Waals surface area contributed by atoms with Crippen LogP contribution in [0, 0.1) is 0 Å². The molecule has 0 fully saturated rings. The molecule has 0 saturated carbocycles. The van der Waals surface area contributed by atoms with Crippen LogP contribution in [0.2, 0.25) is 0 Å². The number of nitrogens with zero attached hydrogens (tertiary/aromatic N) is 3. The van der Waals surface area contributed by atoms with E-state index in [0.717, 1.165) is 35.8 Å². The molecule has 0 radical (unpaired) electrons. The van der Waals surface area contributed by atoms with E-state index in [1.807, 2.05) is 62.6 Å². The van der Waals surface area contributed by atoms with Gasteiger partial charge in [-0.2, -0.15) is 13.2 Å². The first-order valence-corrected chi connectivity index (χ1v) is 12.6.